The SMILES string of the molecule is CCSc1ccc(C(O)Cc2cccs2)cc1. The summed E-state index contributed by atoms with van der Waals surface area (Å²) in [5.41, 5.74) is 0.999. The molecule has 3 heteroatoms. The van der Waals surface area contributed by atoms with Gasteiger partial charge >= 0.3 is 0 Å². The van der Waals surface area contributed by atoms with Crippen LogP contribution in [0.3, 0.4) is 0 Å². The zero-order valence-corrected chi connectivity index (χ0v) is 11.4. The third-order valence-corrected chi connectivity index (χ3v) is 4.34. The highest BCUT2D eigenvalue weighted by molar-refractivity contribution is 7.99. The van der Waals surface area contributed by atoms with Gasteiger partial charge in [0.1, 0.15) is 0 Å². The Morgan fingerprint density at radius 2 is 2.00 bits per heavy atom. The molecule has 0 aliphatic heterocycles. The molecule has 2 rings (SSSR count). The van der Waals surface area contributed by atoms with Crippen LogP contribution in [0.2, 0.25) is 0 Å². The van der Waals surface area contributed by atoms with Gasteiger partial charge in [0.05, 0.1) is 6.10 Å². The number of aliphatic hydroxyl groups is 1. The number of hydrogen-bond acceptors (Lipinski definition) is 3. The molecule has 1 heterocycles. The predicted molar refractivity (Wildman–Crippen MR) is 75.8 cm³/mol. The van der Waals surface area contributed by atoms with Gasteiger partial charge < -0.3 is 5.11 Å². The lowest BCUT2D eigenvalue weighted by molar-refractivity contribution is 0.179. The zero-order valence-electron chi connectivity index (χ0n) is 9.80. The number of rotatable bonds is 5. The van der Waals surface area contributed by atoms with Crippen LogP contribution in [0.15, 0.2) is 46.7 Å². The van der Waals surface area contributed by atoms with Crippen molar-refractivity contribution in [2.24, 2.45) is 0 Å². The van der Waals surface area contributed by atoms with Gasteiger partial charge in [-0.25, -0.2) is 0 Å². The van der Waals surface area contributed by atoms with Gasteiger partial charge in [-0.2, -0.15) is 0 Å². The Hall–Kier alpha value is -0.770. The van der Waals surface area contributed by atoms with Crippen LogP contribution >= 0.6 is 23.1 Å². The van der Waals surface area contributed by atoms with Crippen LogP contribution in [0.1, 0.15) is 23.5 Å². The summed E-state index contributed by atoms with van der Waals surface area (Å²) in [6.07, 6.45) is 0.312. The van der Waals surface area contributed by atoms with E-state index in [4.69, 9.17) is 0 Å². The molecule has 0 fully saturated rings. The van der Waals surface area contributed by atoms with Gasteiger partial charge in [-0.3, -0.25) is 0 Å². The highest BCUT2D eigenvalue weighted by atomic mass is 32.2. The van der Waals surface area contributed by atoms with E-state index in [1.807, 2.05) is 35.3 Å². The molecule has 1 aromatic carbocycles. The average Bonchev–Trinajstić information content (AvgIpc) is 2.83. The lowest BCUT2D eigenvalue weighted by Gasteiger charge is -2.10. The zero-order chi connectivity index (χ0) is 12.1. The molecule has 2 aromatic rings. The number of hydrogen-bond donors (Lipinski definition) is 1. The molecular formula is C14H16OS2. The summed E-state index contributed by atoms with van der Waals surface area (Å²) in [6, 6.07) is 12.3. The van der Waals surface area contributed by atoms with Crippen molar-refractivity contribution >= 4 is 23.1 Å². The van der Waals surface area contributed by atoms with Crippen LogP contribution in [-0.4, -0.2) is 10.9 Å². The monoisotopic (exact) mass is 264 g/mol. The van der Waals surface area contributed by atoms with Gasteiger partial charge in [0.2, 0.25) is 0 Å². The highest BCUT2D eigenvalue weighted by Crippen LogP contribution is 2.24. The van der Waals surface area contributed by atoms with E-state index in [0.717, 1.165) is 11.3 Å². The topological polar surface area (TPSA) is 20.2 Å². The summed E-state index contributed by atoms with van der Waals surface area (Å²) >= 11 is 3.51. The minimum atomic E-state index is -0.394. The van der Waals surface area contributed by atoms with Gasteiger partial charge in [0.15, 0.2) is 0 Å². The summed E-state index contributed by atoms with van der Waals surface area (Å²) in [6.45, 7) is 2.14. The van der Waals surface area contributed by atoms with Gasteiger partial charge in [-0.15, -0.1) is 23.1 Å². The van der Waals surface area contributed by atoms with E-state index in [2.05, 4.69) is 25.1 Å². The van der Waals surface area contributed by atoms with Gasteiger partial charge in [0, 0.05) is 16.2 Å². The van der Waals surface area contributed by atoms with Gasteiger partial charge in [-0.1, -0.05) is 25.1 Å². The average molecular weight is 264 g/mol. The Balaban J connectivity index is 2.01. The molecule has 1 aromatic heterocycles. The number of thiophene rings is 1. The van der Waals surface area contributed by atoms with Crippen molar-refractivity contribution in [3.05, 3.63) is 52.2 Å². The maximum atomic E-state index is 10.1. The van der Waals surface area contributed by atoms with Crippen molar-refractivity contribution in [1.82, 2.24) is 0 Å². The lowest BCUT2D eigenvalue weighted by atomic mass is 10.1. The van der Waals surface area contributed by atoms with E-state index in [-0.39, 0.29) is 0 Å². The Labute approximate surface area is 111 Å². The number of aliphatic hydroxyl groups excluding tert-OH is 1. The summed E-state index contributed by atoms with van der Waals surface area (Å²) in [7, 11) is 0. The number of benzene rings is 1. The first-order valence-corrected chi connectivity index (χ1v) is 7.59. The van der Waals surface area contributed by atoms with Crippen molar-refractivity contribution in [2.75, 3.05) is 5.75 Å². The van der Waals surface area contributed by atoms with Crippen LogP contribution in [0.4, 0.5) is 0 Å². The quantitative estimate of drug-likeness (QED) is 0.819. The molecule has 0 aliphatic carbocycles. The van der Waals surface area contributed by atoms with Crippen LogP contribution < -0.4 is 0 Å². The molecular weight excluding hydrogens is 248 g/mol. The van der Waals surface area contributed by atoms with E-state index in [0.29, 0.717) is 6.42 Å². The minimum Gasteiger partial charge on any atom is -0.388 e. The Morgan fingerprint density at radius 1 is 1.24 bits per heavy atom. The van der Waals surface area contributed by atoms with Crippen molar-refractivity contribution < 1.29 is 5.11 Å². The molecule has 1 nitrogen and oxygen atoms in total. The summed E-state index contributed by atoms with van der Waals surface area (Å²) in [5.74, 6) is 1.08. The summed E-state index contributed by atoms with van der Waals surface area (Å²) < 4.78 is 0. The number of thioether (sulfide) groups is 1. The molecule has 0 saturated heterocycles. The van der Waals surface area contributed by atoms with Gasteiger partial charge in [0.25, 0.3) is 0 Å². The second-order valence-electron chi connectivity index (χ2n) is 3.80. The lowest BCUT2D eigenvalue weighted by Crippen LogP contribution is -2.00. The molecule has 90 valence electrons. The second kappa shape index (κ2) is 6.24. The van der Waals surface area contributed by atoms with Crippen molar-refractivity contribution in [1.29, 1.82) is 0 Å². The van der Waals surface area contributed by atoms with Crippen molar-refractivity contribution in [3.63, 3.8) is 0 Å². The largest absolute Gasteiger partial charge is 0.388 e. The first kappa shape index (κ1) is 12.7. The van der Waals surface area contributed by atoms with E-state index >= 15 is 0 Å². The van der Waals surface area contributed by atoms with Crippen LogP contribution in [-0.2, 0) is 6.42 Å². The second-order valence-corrected chi connectivity index (χ2v) is 6.17. The molecule has 0 aliphatic rings. The molecule has 17 heavy (non-hydrogen) atoms. The first-order valence-electron chi connectivity index (χ1n) is 5.73. The molecule has 0 radical (unpaired) electrons. The van der Waals surface area contributed by atoms with E-state index in [9.17, 15) is 5.11 Å². The van der Waals surface area contributed by atoms with Gasteiger partial charge in [-0.05, 0) is 34.9 Å². The molecule has 0 saturated carbocycles. The van der Waals surface area contributed by atoms with Crippen molar-refractivity contribution in [2.45, 2.75) is 24.3 Å². The fourth-order valence-corrected chi connectivity index (χ4v) is 3.10. The van der Waals surface area contributed by atoms with Crippen molar-refractivity contribution in [3.8, 4) is 0 Å². The molecule has 1 unspecified atom stereocenters. The maximum absolute atomic E-state index is 10.1. The van der Waals surface area contributed by atoms with E-state index in [1.165, 1.54) is 9.77 Å². The maximum Gasteiger partial charge on any atom is 0.0838 e. The Morgan fingerprint density at radius 3 is 2.59 bits per heavy atom. The standard InChI is InChI=1S/C14H16OS2/c1-2-16-12-7-5-11(6-8-12)14(15)10-13-4-3-9-17-13/h3-9,14-15H,2,10H2,1H3. The van der Waals surface area contributed by atoms with E-state index < -0.39 is 6.10 Å². The summed E-state index contributed by atoms with van der Waals surface area (Å²) in [5, 5.41) is 12.2. The molecule has 0 bridgehead atoms. The van der Waals surface area contributed by atoms with E-state index in [1.54, 1.807) is 11.3 Å². The van der Waals surface area contributed by atoms with Crippen LogP contribution in [0.5, 0.6) is 0 Å². The predicted octanol–water partition coefficient (Wildman–Crippen LogP) is 4.14. The normalized spacial score (nSPS) is 12.6. The molecule has 0 amide bonds. The molecule has 0 spiro atoms. The minimum absolute atomic E-state index is 0.394. The fourth-order valence-electron chi connectivity index (χ4n) is 1.69. The molecule has 1 N–H and O–H groups in total. The fraction of sp³-hybridized carbons (Fsp3) is 0.286. The smallest absolute Gasteiger partial charge is 0.0838 e. The van der Waals surface area contributed by atoms with Crippen LogP contribution in [0.25, 0.3) is 0 Å². The summed E-state index contributed by atoms with van der Waals surface area (Å²) in [4.78, 5) is 2.49. The molecule has 1 atom stereocenters. The Bertz CT molecular complexity index is 434. The third kappa shape index (κ3) is 3.60. The first-order chi connectivity index (χ1) is 8.29. The highest BCUT2D eigenvalue weighted by Gasteiger charge is 2.09. The van der Waals surface area contributed by atoms with Crippen LogP contribution in [0, 0.1) is 0 Å². The Kier molecular flexibility index (Phi) is 4.66. The third-order valence-electron chi connectivity index (χ3n) is 2.55.